The summed E-state index contributed by atoms with van der Waals surface area (Å²) in [5.74, 6) is 0. The Morgan fingerprint density at radius 2 is 1.33 bits per heavy atom. The van der Waals surface area contributed by atoms with Crippen molar-refractivity contribution in [3.63, 3.8) is 0 Å². The van der Waals surface area contributed by atoms with Gasteiger partial charge in [0.1, 0.15) is 0 Å². The van der Waals surface area contributed by atoms with Crippen LogP contribution in [0.4, 0.5) is 0 Å². The quantitative estimate of drug-likeness (QED) is 0.168. The molecule has 5 aromatic rings. The normalized spacial score (nSPS) is 13.0. The summed E-state index contributed by atoms with van der Waals surface area (Å²) in [5.41, 5.74) is 6.91. The standard InChI is InChI=1S/C20H18N.C19H24N.Ir/c1-20(2,17-10-4-3-5-11-17)18-12-8-9-16(15-18)19-13-6-7-14-21-19;1-14-13-20-17(15-10-8-7-9-11-15)12-16(14)19(5,6)18(2,3)4;/h3-8,10-15H,1-2H3;7-10,12-13H,1-6H3;/q2*-1;/i;1D3;. The third kappa shape index (κ3) is 7.51. The maximum absolute atomic E-state index is 7.86. The predicted octanol–water partition coefficient (Wildman–Crippen LogP) is 10.1. The van der Waals surface area contributed by atoms with Crippen LogP contribution in [-0.4, -0.2) is 9.97 Å². The second-order valence-corrected chi connectivity index (χ2v) is 12.5. The minimum Gasteiger partial charge on any atom is -0.305 e. The molecule has 3 aromatic carbocycles. The van der Waals surface area contributed by atoms with E-state index in [-0.39, 0.29) is 36.4 Å². The van der Waals surface area contributed by atoms with Gasteiger partial charge in [-0.05, 0) is 57.2 Å². The van der Waals surface area contributed by atoms with Gasteiger partial charge < -0.3 is 9.97 Å². The first-order chi connectivity index (χ1) is 20.6. The molecule has 0 aliphatic heterocycles. The molecule has 2 heterocycles. The molecular weight excluding hydrogens is 689 g/mol. The Bertz CT molecular complexity index is 1660. The molecule has 3 heteroatoms. The van der Waals surface area contributed by atoms with E-state index in [1.807, 2.05) is 60.8 Å². The molecule has 0 aliphatic carbocycles. The van der Waals surface area contributed by atoms with Crippen molar-refractivity contribution in [3.05, 3.63) is 144 Å². The van der Waals surface area contributed by atoms with Gasteiger partial charge in [0.25, 0.3) is 0 Å². The second-order valence-electron chi connectivity index (χ2n) is 12.5. The zero-order valence-electron chi connectivity index (χ0n) is 28.6. The fraction of sp³-hybridized carbons (Fsp3) is 0.282. The smallest absolute Gasteiger partial charge is 0.0280 e. The average Bonchev–Trinajstić information content (AvgIpc) is 3.01. The summed E-state index contributed by atoms with van der Waals surface area (Å²) < 4.78 is 23.6. The number of aryl methyl sites for hydroxylation is 1. The van der Waals surface area contributed by atoms with E-state index in [4.69, 9.17) is 4.11 Å². The van der Waals surface area contributed by atoms with Crippen molar-refractivity contribution in [2.75, 3.05) is 0 Å². The van der Waals surface area contributed by atoms with Crippen molar-refractivity contribution < 1.29 is 24.2 Å². The second kappa shape index (κ2) is 13.7. The van der Waals surface area contributed by atoms with Crippen LogP contribution in [0.25, 0.3) is 22.5 Å². The molecule has 2 aromatic heterocycles. The number of hydrogen-bond donors (Lipinski definition) is 0. The first-order valence-electron chi connectivity index (χ1n) is 15.6. The van der Waals surface area contributed by atoms with Crippen molar-refractivity contribution in [1.29, 1.82) is 0 Å². The van der Waals surface area contributed by atoms with Crippen LogP contribution in [0, 0.1) is 24.4 Å². The Balaban J connectivity index is 0.000000241. The van der Waals surface area contributed by atoms with Crippen molar-refractivity contribution >= 4 is 0 Å². The fourth-order valence-corrected chi connectivity index (χ4v) is 4.62. The van der Waals surface area contributed by atoms with E-state index < -0.39 is 6.85 Å². The minimum atomic E-state index is -2.18. The monoisotopic (exact) mass is 734 g/mol. The molecule has 0 aliphatic rings. The average molecular weight is 734 g/mol. The summed E-state index contributed by atoms with van der Waals surface area (Å²) in [4.78, 5) is 8.79. The number of benzene rings is 3. The van der Waals surface area contributed by atoms with Gasteiger partial charge in [0.15, 0.2) is 0 Å². The SMILES string of the molecule is CC(C)(c1ccccc1)c1cc[c-]c(-c2ccccn2)c1.[2H]C([2H])([2H])c1cnc(-c2[c-]cccc2)cc1C(C)(C)C(C)(C)C.[Ir]. The van der Waals surface area contributed by atoms with Crippen LogP contribution in [0.15, 0.2) is 109 Å². The molecule has 219 valence electrons. The van der Waals surface area contributed by atoms with Crippen LogP contribution in [0.1, 0.15) is 74.8 Å². The molecule has 0 N–H and O–H groups in total. The number of nitrogens with zero attached hydrogens (tertiary/aromatic N) is 2. The topological polar surface area (TPSA) is 25.8 Å². The molecule has 0 amide bonds. The van der Waals surface area contributed by atoms with Gasteiger partial charge in [0.05, 0.1) is 0 Å². The van der Waals surface area contributed by atoms with Gasteiger partial charge >= 0.3 is 0 Å². The molecule has 0 atom stereocenters. The molecule has 0 saturated heterocycles. The van der Waals surface area contributed by atoms with Crippen LogP contribution < -0.4 is 0 Å². The van der Waals surface area contributed by atoms with Gasteiger partial charge in [-0.25, -0.2) is 0 Å². The third-order valence-electron chi connectivity index (χ3n) is 8.40. The van der Waals surface area contributed by atoms with E-state index in [1.54, 1.807) is 0 Å². The molecule has 0 fully saturated rings. The Morgan fingerprint density at radius 1 is 0.643 bits per heavy atom. The number of hydrogen-bond acceptors (Lipinski definition) is 2. The predicted molar refractivity (Wildman–Crippen MR) is 173 cm³/mol. The largest absolute Gasteiger partial charge is 0.305 e. The Hall–Kier alpha value is -3.39. The maximum Gasteiger partial charge on any atom is 0.0280 e. The van der Waals surface area contributed by atoms with Crippen LogP contribution in [-0.2, 0) is 30.9 Å². The Morgan fingerprint density at radius 3 is 1.95 bits per heavy atom. The molecule has 0 saturated carbocycles. The third-order valence-corrected chi connectivity index (χ3v) is 8.40. The Kier molecular flexibility index (Phi) is 9.38. The summed E-state index contributed by atoms with van der Waals surface area (Å²) in [6, 6.07) is 38.8. The molecule has 5 rings (SSSR count). The van der Waals surface area contributed by atoms with Crippen LogP contribution in [0.3, 0.4) is 0 Å². The minimum absolute atomic E-state index is 0. The van der Waals surface area contributed by atoms with E-state index in [2.05, 4.69) is 113 Å². The number of aromatic nitrogens is 2. The summed E-state index contributed by atoms with van der Waals surface area (Å²) >= 11 is 0. The van der Waals surface area contributed by atoms with Crippen molar-refractivity contribution in [1.82, 2.24) is 9.97 Å². The Labute approximate surface area is 271 Å². The molecule has 0 bridgehead atoms. The number of pyridine rings is 2. The van der Waals surface area contributed by atoms with Gasteiger partial charge in [-0.1, -0.05) is 97.0 Å². The molecule has 1 radical (unpaired) electrons. The summed E-state index contributed by atoms with van der Waals surface area (Å²) in [5, 5.41) is 0. The van der Waals surface area contributed by atoms with Crippen molar-refractivity contribution in [2.45, 2.75) is 66.1 Å². The van der Waals surface area contributed by atoms with Gasteiger partial charge in [0, 0.05) is 36.6 Å². The van der Waals surface area contributed by atoms with Crippen molar-refractivity contribution in [2.24, 2.45) is 5.41 Å². The van der Waals surface area contributed by atoms with Crippen molar-refractivity contribution in [3.8, 4) is 22.5 Å². The molecule has 2 nitrogen and oxygen atoms in total. The summed E-state index contributed by atoms with van der Waals surface area (Å²) in [7, 11) is 0. The van der Waals surface area contributed by atoms with Crippen LogP contribution in [0.5, 0.6) is 0 Å². The zero-order chi connectivity index (χ0) is 32.2. The maximum atomic E-state index is 7.86. The van der Waals surface area contributed by atoms with Crippen LogP contribution in [0.2, 0.25) is 0 Å². The summed E-state index contributed by atoms with van der Waals surface area (Å²) in [6.45, 7) is 12.9. The molecule has 42 heavy (non-hydrogen) atoms. The van der Waals surface area contributed by atoms with E-state index in [0.717, 1.165) is 28.1 Å². The van der Waals surface area contributed by atoms with Gasteiger partial charge in [-0.2, -0.15) is 0 Å². The first kappa shape index (κ1) is 28.7. The zero-order valence-corrected chi connectivity index (χ0v) is 28.0. The fourth-order valence-electron chi connectivity index (χ4n) is 4.62. The van der Waals surface area contributed by atoms with E-state index in [0.29, 0.717) is 5.56 Å². The van der Waals surface area contributed by atoms with E-state index >= 15 is 0 Å². The number of rotatable bonds is 5. The van der Waals surface area contributed by atoms with Crippen LogP contribution >= 0.6 is 0 Å². The molecular formula is C39H42IrN2-2. The first-order valence-corrected chi connectivity index (χ1v) is 14.1. The summed E-state index contributed by atoms with van der Waals surface area (Å²) in [6.07, 6.45) is 3.32. The van der Waals surface area contributed by atoms with Gasteiger partial charge in [-0.3, -0.25) is 0 Å². The molecule has 0 spiro atoms. The van der Waals surface area contributed by atoms with Gasteiger partial charge in [0.2, 0.25) is 0 Å². The molecule has 0 unspecified atom stereocenters. The van der Waals surface area contributed by atoms with Gasteiger partial charge in [-0.15, -0.1) is 71.3 Å². The van der Waals surface area contributed by atoms with E-state index in [1.165, 1.54) is 17.3 Å². The van der Waals surface area contributed by atoms with E-state index in [9.17, 15) is 0 Å².